The molecular weight excluding hydrogens is 150 g/mol. The van der Waals surface area contributed by atoms with Crippen molar-refractivity contribution in [3.8, 4) is 0 Å². The molecule has 0 aromatic rings. The first-order chi connectivity index (χ1) is 5.74. The summed E-state index contributed by atoms with van der Waals surface area (Å²) in [6, 6.07) is 0.685. The Morgan fingerprint density at radius 1 is 1.33 bits per heavy atom. The van der Waals surface area contributed by atoms with Crippen LogP contribution < -0.4 is 5.32 Å². The van der Waals surface area contributed by atoms with Gasteiger partial charge < -0.3 is 10.1 Å². The zero-order chi connectivity index (χ0) is 8.60. The molecule has 1 aliphatic carbocycles. The van der Waals surface area contributed by atoms with Gasteiger partial charge in [0, 0.05) is 12.6 Å². The molecule has 0 aromatic carbocycles. The van der Waals surface area contributed by atoms with Gasteiger partial charge in [-0.3, -0.25) is 0 Å². The average Bonchev–Trinajstić information content (AvgIpc) is 2.86. The molecule has 12 heavy (non-hydrogen) atoms. The van der Waals surface area contributed by atoms with Crippen LogP contribution in [-0.4, -0.2) is 25.3 Å². The highest BCUT2D eigenvalue weighted by Crippen LogP contribution is 2.45. The molecule has 0 aromatic heterocycles. The van der Waals surface area contributed by atoms with E-state index in [4.69, 9.17) is 4.74 Å². The van der Waals surface area contributed by atoms with Crippen molar-refractivity contribution < 1.29 is 4.74 Å². The molecule has 1 saturated carbocycles. The van der Waals surface area contributed by atoms with Gasteiger partial charge in [-0.2, -0.15) is 0 Å². The van der Waals surface area contributed by atoms with Crippen molar-refractivity contribution in [3.63, 3.8) is 0 Å². The van der Waals surface area contributed by atoms with Crippen LogP contribution >= 0.6 is 0 Å². The van der Waals surface area contributed by atoms with Crippen molar-refractivity contribution in [3.05, 3.63) is 0 Å². The fourth-order valence-electron chi connectivity index (χ4n) is 2.31. The van der Waals surface area contributed by atoms with Crippen molar-refractivity contribution >= 4 is 0 Å². The fraction of sp³-hybridized carbons (Fsp3) is 1.00. The second-order valence-corrected chi connectivity index (χ2v) is 4.41. The van der Waals surface area contributed by atoms with E-state index in [0.29, 0.717) is 6.04 Å². The van der Waals surface area contributed by atoms with Gasteiger partial charge in [0.25, 0.3) is 0 Å². The van der Waals surface area contributed by atoms with Crippen LogP contribution in [0.3, 0.4) is 0 Å². The van der Waals surface area contributed by atoms with E-state index in [1.807, 2.05) is 0 Å². The minimum atomic E-state index is 0.200. The summed E-state index contributed by atoms with van der Waals surface area (Å²) in [6.07, 6.45) is 5.15. The summed E-state index contributed by atoms with van der Waals surface area (Å²) in [7, 11) is 2.06. The average molecular weight is 169 g/mol. The molecular formula is C10H19NO. The Balaban J connectivity index is 1.96. The molecule has 2 nitrogen and oxygen atoms in total. The Bertz CT molecular complexity index is 167. The molecule has 0 radical (unpaired) electrons. The van der Waals surface area contributed by atoms with Crippen LogP contribution in [-0.2, 0) is 4.74 Å². The molecule has 0 bridgehead atoms. The molecule has 1 aliphatic heterocycles. The van der Waals surface area contributed by atoms with Gasteiger partial charge in [0.05, 0.1) is 5.60 Å². The zero-order valence-electron chi connectivity index (χ0n) is 8.10. The monoisotopic (exact) mass is 169 g/mol. The van der Waals surface area contributed by atoms with Crippen LogP contribution in [0, 0.1) is 5.92 Å². The van der Waals surface area contributed by atoms with E-state index in [0.717, 1.165) is 12.5 Å². The topological polar surface area (TPSA) is 21.3 Å². The van der Waals surface area contributed by atoms with Gasteiger partial charge in [-0.15, -0.1) is 0 Å². The summed E-state index contributed by atoms with van der Waals surface area (Å²) in [4.78, 5) is 0. The maximum Gasteiger partial charge on any atom is 0.0697 e. The quantitative estimate of drug-likeness (QED) is 0.677. The van der Waals surface area contributed by atoms with Crippen molar-refractivity contribution in [1.29, 1.82) is 0 Å². The van der Waals surface area contributed by atoms with Crippen LogP contribution in [0.5, 0.6) is 0 Å². The van der Waals surface area contributed by atoms with Gasteiger partial charge in [0.1, 0.15) is 0 Å². The number of hydrogen-bond acceptors (Lipinski definition) is 2. The van der Waals surface area contributed by atoms with Gasteiger partial charge in [-0.05, 0) is 45.6 Å². The predicted octanol–water partition coefficient (Wildman–Crippen LogP) is 1.55. The molecule has 2 rings (SSSR count). The Hall–Kier alpha value is -0.0800. The molecule has 2 fully saturated rings. The first-order valence-corrected chi connectivity index (χ1v) is 5.06. The molecule has 1 saturated heterocycles. The summed E-state index contributed by atoms with van der Waals surface area (Å²) in [5.74, 6) is 0.855. The largest absolute Gasteiger partial charge is 0.375 e. The molecule has 0 amide bonds. The van der Waals surface area contributed by atoms with Crippen molar-refractivity contribution in [2.45, 2.75) is 44.2 Å². The zero-order valence-corrected chi connectivity index (χ0v) is 8.10. The number of nitrogens with one attached hydrogen (secondary N) is 1. The Labute approximate surface area is 74.7 Å². The minimum absolute atomic E-state index is 0.200. The second kappa shape index (κ2) is 3.00. The van der Waals surface area contributed by atoms with E-state index in [2.05, 4.69) is 19.3 Å². The molecule has 2 atom stereocenters. The van der Waals surface area contributed by atoms with Crippen molar-refractivity contribution in [2.75, 3.05) is 13.7 Å². The summed E-state index contributed by atoms with van der Waals surface area (Å²) < 4.78 is 5.88. The Morgan fingerprint density at radius 2 is 2.08 bits per heavy atom. The van der Waals surface area contributed by atoms with Crippen LogP contribution in [0.2, 0.25) is 0 Å². The molecule has 1 N–H and O–H groups in total. The van der Waals surface area contributed by atoms with Gasteiger partial charge >= 0.3 is 0 Å². The van der Waals surface area contributed by atoms with E-state index in [1.165, 1.54) is 25.7 Å². The SMILES string of the molecule is CNC1CCOC(C)(C2CC2)C1. The predicted molar refractivity (Wildman–Crippen MR) is 49.2 cm³/mol. The highest BCUT2D eigenvalue weighted by Gasteiger charge is 2.45. The maximum absolute atomic E-state index is 5.88. The third-order valence-electron chi connectivity index (χ3n) is 3.40. The lowest BCUT2D eigenvalue weighted by Gasteiger charge is -2.38. The van der Waals surface area contributed by atoms with Gasteiger partial charge in [-0.25, -0.2) is 0 Å². The fourth-order valence-corrected chi connectivity index (χ4v) is 2.31. The number of rotatable bonds is 2. The second-order valence-electron chi connectivity index (χ2n) is 4.41. The molecule has 2 heteroatoms. The van der Waals surface area contributed by atoms with E-state index < -0.39 is 0 Å². The van der Waals surface area contributed by atoms with Crippen LogP contribution in [0.15, 0.2) is 0 Å². The number of hydrogen-bond donors (Lipinski definition) is 1. The molecule has 0 spiro atoms. The lowest BCUT2D eigenvalue weighted by atomic mass is 9.88. The standard InChI is InChI=1S/C10H19NO/c1-10(8-3-4-8)7-9(11-2)5-6-12-10/h8-9,11H,3-7H2,1-2H3. The minimum Gasteiger partial charge on any atom is -0.375 e. The van der Waals surface area contributed by atoms with Crippen LogP contribution in [0.4, 0.5) is 0 Å². The highest BCUT2D eigenvalue weighted by molar-refractivity contribution is 4.97. The summed E-state index contributed by atoms with van der Waals surface area (Å²) in [5, 5.41) is 3.36. The number of ether oxygens (including phenoxy) is 1. The van der Waals surface area contributed by atoms with E-state index in [-0.39, 0.29) is 5.60 Å². The first-order valence-electron chi connectivity index (χ1n) is 5.06. The summed E-state index contributed by atoms with van der Waals surface area (Å²) in [6.45, 7) is 3.23. The lowest BCUT2D eigenvalue weighted by Crippen LogP contribution is -2.45. The normalized spacial score (nSPS) is 43.0. The lowest BCUT2D eigenvalue weighted by molar-refractivity contribution is -0.0895. The molecule has 70 valence electrons. The Kier molecular flexibility index (Phi) is 2.13. The van der Waals surface area contributed by atoms with Crippen LogP contribution in [0.1, 0.15) is 32.6 Å². The van der Waals surface area contributed by atoms with Crippen molar-refractivity contribution in [2.24, 2.45) is 5.92 Å². The summed E-state index contributed by atoms with van der Waals surface area (Å²) >= 11 is 0. The molecule has 1 heterocycles. The van der Waals surface area contributed by atoms with Gasteiger partial charge in [0.15, 0.2) is 0 Å². The molecule has 2 unspecified atom stereocenters. The maximum atomic E-state index is 5.88. The third kappa shape index (κ3) is 1.50. The van der Waals surface area contributed by atoms with E-state index in [9.17, 15) is 0 Å². The van der Waals surface area contributed by atoms with Gasteiger partial charge in [0.2, 0.25) is 0 Å². The van der Waals surface area contributed by atoms with E-state index in [1.54, 1.807) is 0 Å². The third-order valence-corrected chi connectivity index (χ3v) is 3.40. The smallest absolute Gasteiger partial charge is 0.0697 e. The Morgan fingerprint density at radius 3 is 2.67 bits per heavy atom. The first kappa shape index (κ1) is 8.52. The van der Waals surface area contributed by atoms with Gasteiger partial charge in [-0.1, -0.05) is 0 Å². The molecule has 2 aliphatic rings. The van der Waals surface area contributed by atoms with Crippen LogP contribution in [0.25, 0.3) is 0 Å². The van der Waals surface area contributed by atoms with Crippen molar-refractivity contribution in [1.82, 2.24) is 5.32 Å². The van der Waals surface area contributed by atoms with E-state index >= 15 is 0 Å². The highest BCUT2D eigenvalue weighted by atomic mass is 16.5. The summed E-state index contributed by atoms with van der Waals surface area (Å²) in [5.41, 5.74) is 0.200.